The van der Waals surface area contributed by atoms with Gasteiger partial charge in [-0.2, -0.15) is 5.26 Å². The van der Waals surface area contributed by atoms with E-state index in [4.69, 9.17) is 10.00 Å². The Morgan fingerprint density at radius 1 is 1.00 bits per heavy atom. The van der Waals surface area contributed by atoms with E-state index in [2.05, 4.69) is 6.07 Å². The summed E-state index contributed by atoms with van der Waals surface area (Å²) in [5.41, 5.74) is 4.19. The molecule has 0 saturated carbocycles. The van der Waals surface area contributed by atoms with Crippen molar-refractivity contribution in [2.24, 2.45) is 0 Å². The van der Waals surface area contributed by atoms with Crippen molar-refractivity contribution in [3.8, 4) is 11.8 Å². The molecule has 0 radical (unpaired) electrons. The third-order valence-corrected chi connectivity index (χ3v) is 4.18. The highest BCUT2D eigenvalue weighted by atomic mass is 16.5. The van der Waals surface area contributed by atoms with Crippen LogP contribution >= 0.6 is 0 Å². The molecule has 0 spiro atoms. The van der Waals surface area contributed by atoms with Crippen LogP contribution in [0.25, 0.3) is 6.08 Å². The zero-order valence-corrected chi connectivity index (χ0v) is 15.1. The van der Waals surface area contributed by atoms with Gasteiger partial charge in [-0.05, 0) is 36.8 Å². The van der Waals surface area contributed by atoms with E-state index in [1.54, 1.807) is 18.2 Å². The number of rotatable bonds is 6. The number of nitrogens with zero attached hydrogens (tertiary/aromatic N) is 1. The lowest BCUT2D eigenvalue weighted by molar-refractivity contribution is 0.104. The lowest BCUT2D eigenvalue weighted by atomic mass is 10.1. The molecule has 3 heteroatoms. The first-order chi connectivity index (χ1) is 13.2. The SMILES string of the molecule is Cc1ccc(C(=O)/C=C/c2ccc(OCc3ccccc3C#N)cc2)cc1. The van der Waals surface area contributed by atoms with E-state index in [1.165, 1.54) is 0 Å². The van der Waals surface area contributed by atoms with Gasteiger partial charge in [-0.25, -0.2) is 0 Å². The van der Waals surface area contributed by atoms with E-state index < -0.39 is 0 Å². The molecule has 3 nitrogen and oxygen atoms in total. The average molecular weight is 353 g/mol. The Morgan fingerprint density at radius 2 is 1.70 bits per heavy atom. The first kappa shape index (κ1) is 18.2. The summed E-state index contributed by atoms with van der Waals surface area (Å²) < 4.78 is 5.75. The van der Waals surface area contributed by atoms with Gasteiger partial charge < -0.3 is 4.74 Å². The maximum absolute atomic E-state index is 12.2. The first-order valence-corrected chi connectivity index (χ1v) is 8.65. The standard InChI is InChI=1S/C24H19NO2/c1-18-6-11-20(12-7-18)24(26)15-10-19-8-13-23(14-9-19)27-17-22-5-3-2-4-21(22)16-25/h2-15H,17H2,1H3/b15-10+. The van der Waals surface area contributed by atoms with E-state index in [-0.39, 0.29) is 5.78 Å². The minimum atomic E-state index is -0.0246. The van der Waals surface area contributed by atoms with E-state index in [9.17, 15) is 4.79 Å². The zero-order chi connectivity index (χ0) is 19.1. The Morgan fingerprint density at radius 3 is 2.41 bits per heavy atom. The molecule has 27 heavy (non-hydrogen) atoms. The summed E-state index contributed by atoms with van der Waals surface area (Å²) in [6, 6.07) is 24.6. The molecule has 0 amide bonds. The summed E-state index contributed by atoms with van der Waals surface area (Å²) in [4.78, 5) is 12.2. The van der Waals surface area contributed by atoms with Gasteiger partial charge in [0.15, 0.2) is 5.78 Å². The minimum absolute atomic E-state index is 0.0246. The third kappa shape index (κ3) is 4.93. The van der Waals surface area contributed by atoms with Crippen molar-refractivity contribution in [3.05, 3.63) is 107 Å². The van der Waals surface area contributed by atoms with Crippen molar-refractivity contribution < 1.29 is 9.53 Å². The van der Waals surface area contributed by atoms with Crippen molar-refractivity contribution in [2.45, 2.75) is 13.5 Å². The van der Waals surface area contributed by atoms with Crippen LogP contribution < -0.4 is 4.74 Å². The molecule has 0 aromatic heterocycles. The maximum Gasteiger partial charge on any atom is 0.185 e. The van der Waals surface area contributed by atoms with Crippen molar-refractivity contribution in [3.63, 3.8) is 0 Å². The summed E-state index contributed by atoms with van der Waals surface area (Å²) in [6.45, 7) is 2.33. The molecule has 0 fully saturated rings. The molecule has 0 aliphatic heterocycles. The van der Waals surface area contributed by atoms with Crippen LogP contribution in [0.5, 0.6) is 5.75 Å². The number of allylic oxidation sites excluding steroid dienone is 1. The molecule has 0 atom stereocenters. The van der Waals surface area contributed by atoms with Crippen LogP contribution in [0.3, 0.4) is 0 Å². The second-order valence-electron chi connectivity index (χ2n) is 6.19. The monoisotopic (exact) mass is 353 g/mol. The summed E-state index contributed by atoms with van der Waals surface area (Å²) in [7, 11) is 0. The molecule has 0 bridgehead atoms. The molecule has 0 heterocycles. The topological polar surface area (TPSA) is 50.1 Å². The molecular weight excluding hydrogens is 334 g/mol. The van der Waals surface area contributed by atoms with Crippen LogP contribution in [0.4, 0.5) is 0 Å². The van der Waals surface area contributed by atoms with Gasteiger partial charge in [0.1, 0.15) is 12.4 Å². The number of ketones is 1. The van der Waals surface area contributed by atoms with Gasteiger partial charge in [0.05, 0.1) is 11.6 Å². The van der Waals surface area contributed by atoms with Gasteiger partial charge in [0, 0.05) is 11.1 Å². The number of aryl methyl sites for hydroxylation is 1. The van der Waals surface area contributed by atoms with Gasteiger partial charge in [0.2, 0.25) is 0 Å². The predicted molar refractivity (Wildman–Crippen MR) is 106 cm³/mol. The molecule has 0 aliphatic rings. The van der Waals surface area contributed by atoms with Crippen LogP contribution in [-0.2, 0) is 6.61 Å². The summed E-state index contributed by atoms with van der Waals surface area (Å²) in [6.07, 6.45) is 3.36. The summed E-state index contributed by atoms with van der Waals surface area (Å²) in [5, 5.41) is 9.11. The molecule has 132 valence electrons. The second-order valence-corrected chi connectivity index (χ2v) is 6.19. The molecular formula is C24H19NO2. The Hall–Kier alpha value is -3.64. The molecule has 0 unspecified atom stereocenters. The average Bonchev–Trinajstić information content (AvgIpc) is 2.72. The Bertz CT molecular complexity index is 994. The smallest absolute Gasteiger partial charge is 0.185 e. The highest BCUT2D eigenvalue weighted by molar-refractivity contribution is 6.06. The van der Waals surface area contributed by atoms with E-state index in [0.717, 1.165) is 16.7 Å². The van der Waals surface area contributed by atoms with E-state index in [1.807, 2.05) is 73.7 Å². The van der Waals surface area contributed by atoms with Crippen molar-refractivity contribution in [1.82, 2.24) is 0 Å². The molecule has 3 aromatic carbocycles. The summed E-state index contributed by atoms with van der Waals surface area (Å²) in [5.74, 6) is 0.688. The fraction of sp³-hybridized carbons (Fsp3) is 0.0833. The van der Waals surface area contributed by atoms with Gasteiger partial charge >= 0.3 is 0 Å². The Labute approximate surface area is 159 Å². The first-order valence-electron chi connectivity index (χ1n) is 8.65. The second kappa shape index (κ2) is 8.64. The summed E-state index contributed by atoms with van der Waals surface area (Å²) >= 11 is 0. The van der Waals surface area contributed by atoms with Crippen LogP contribution in [-0.4, -0.2) is 5.78 Å². The molecule has 3 aromatic rings. The number of benzene rings is 3. The Kier molecular flexibility index (Phi) is 5.81. The van der Waals surface area contributed by atoms with Gasteiger partial charge in [0.25, 0.3) is 0 Å². The fourth-order valence-corrected chi connectivity index (χ4v) is 2.58. The van der Waals surface area contributed by atoms with Crippen molar-refractivity contribution in [1.29, 1.82) is 5.26 Å². The minimum Gasteiger partial charge on any atom is -0.489 e. The van der Waals surface area contributed by atoms with Crippen LogP contribution in [0, 0.1) is 18.3 Å². The lowest BCUT2D eigenvalue weighted by Crippen LogP contribution is -1.98. The third-order valence-electron chi connectivity index (χ3n) is 4.18. The van der Waals surface area contributed by atoms with Gasteiger partial charge in [-0.1, -0.05) is 66.2 Å². The molecule has 3 rings (SSSR count). The van der Waals surface area contributed by atoms with Crippen molar-refractivity contribution in [2.75, 3.05) is 0 Å². The number of ether oxygens (including phenoxy) is 1. The maximum atomic E-state index is 12.2. The van der Waals surface area contributed by atoms with Crippen molar-refractivity contribution >= 4 is 11.9 Å². The molecule has 0 N–H and O–H groups in total. The number of carbonyl (C=O) groups excluding carboxylic acids is 1. The van der Waals surface area contributed by atoms with Gasteiger partial charge in [-0.3, -0.25) is 4.79 Å². The van der Waals surface area contributed by atoms with Crippen LogP contribution in [0.1, 0.15) is 32.6 Å². The van der Waals surface area contributed by atoms with E-state index in [0.29, 0.717) is 23.5 Å². The molecule has 0 saturated heterocycles. The van der Waals surface area contributed by atoms with Gasteiger partial charge in [-0.15, -0.1) is 0 Å². The number of hydrogen-bond donors (Lipinski definition) is 0. The van der Waals surface area contributed by atoms with Crippen LogP contribution in [0.2, 0.25) is 0 Å². The predicted octanol–water partition coefficient (Wildman–Crippen LogP) is 5.34. The van der Waals surface area contributed by atoms with Crippen LogP contribution in [0.15, 0.2) is 78.9 Å². The molecule has 0 aliphatic carbocycles. The number of nitriles is 1. The normalized spacial score (nSPS) is 10.5. The lowest BCUT2D eigenvalue weighted by Gasteiger charge is -2.07. The fourth-order valence-electron chi connectivity index (χ4n) is 2.58. The quantitative estimate of drug-likeness (QED) is 0.444. The highest BCUT2D eigenvalue weighted by Gasteiger charge is 2.03. The Balaban J connectivity index is 1.61. The largest absolute Gasteiger partial charge is 0.489 e. The number of carbonyl (C=O) groups is 1. The highest BCUT2D eigenvalue weighted by Crippen LogP contribution is 2.17. The number of hydrogen-bond acceptors (Lipinski definition) is 3. The zero-order valence-electron chi connectivity index (χ0n) is 15.1. The van der Waals surface area contributed by atoms with E-state index >= 15 is 0 Å².